The zero-order valence-electron chi connectivity index (χ0n) is 26.0. The van der Waals surface area contributed by atoms with Crippen molar-refractivity contribution in [3.05, 3.63) is 59.2 Å². The van der Waals surface area contributed by atoms with Crippen LogP contribution in [0.25, 0.3) is 0 Å². The molecule has 6 atom stereocenters. The van der Waals surface area contributed by atoms with Gasteiger partial charge in [-0.05, 0) is 60.4 Å². The van der Waals surface area contributed by atoms with Crippen molar-refractivity contribution in [1.29, 1.82) is 0 Å². The predicted octanol–water partition coefficient (Wildman–Crippen LogP) is 3.76. The van der Waals surface area contributed by atoms with Gasteiger partial charge in [0.15, 0.2) is 0 Å². The highest BCUT2D eigenvalue weighted by Gasteiger charge is 2.37. The third-order valence-electron chi connectivity index (χ3n) is 8.68. The van der Waals surface area contributed by atoms with Gasteiger partial charge < -0.3 is 43.7 Å². The molecule has 9 heteroatoms. The minimum Gasteiger partial charge on any atom is -0.490 e. The molecule has 1 unspecified atom stereocenters. The molecule has 1 saturated carbocycles. The molecule has 238 valence electrons. The number of rotatable bonds is 17. The fourth-order valence-electron chi connectivity index (χ4n) is 6.22. The van der Waals surface area contributed by atoms with Gasteiger partial charge in [-0.2, -0.15) is 0 Å². The van der Waals surface area contributed by atoms with Gasteiger partial charge in [-0.3, -0.25) is 0 Å². The third-order valence-corrected chi connectivity index (χ3v) is 8.68. The summed E-state index contributed by atoms with van der Waals surface area (Å²) in [5, 5.41) is 13.4. The van der Waals surface area contributed by atoms with Crippen molar-refractivity contribution in [2.45, 2.75) is 57.2 Å². The Morgan fingerprint density at radius 1 is 0.953 bits per heavy atom. The molecule has 0 bridgehead atoms. The van der Waals surface area contributed by atoms with E-state index in [0.29, 0.717) is 38.2 Å². The lowest BCUT2D eigenvalue weighted by Gasteiger charge is -2.39. The van der Waals surface area contributed by atoms with Gasteiger partial charge in [0.1, 0.15) is 12.4 Å². The average Bonchev–Trinajstić information content (AvgIpc) is 3.77. The summed E-state index contributed by atoms with van der Waals surface area (Å²) in [6.07, 6.45) is 1.44. The number of ether oxygens (including phenoxy) is 6. The smallest absolute Gasteiger partial charge is 0.142 e. The summed E-state index contributed by atoms with van der Waals surface area (Å²) in [5.41, 5.74) is 4.57. The van der Waals surface area contributed by atoms with E-state index >= 15 is 0 Å². The zero-order valence-corrected chi connectivity index (χ0v) is 26.0. The van der Waals surface area contributed by atoms with Gasteiger partial charge in [-0.1, -0.05) is 30.3 Å². The summed E-state index contributed by atoms with van der Waals surface area (Å²) in [7, 11) is 3.51. The van der Waals surface area contributed by atoms with Gasteiger partial charge in [0, 0.05) is 53.0 Å². The molecule has 0 amide bonds. The van der Waals surface area contributed by atoms with Crippen molar-refractivity contribution in [1.82, 2.24) is 5.32 Å². The molecule has 2 aromatic carbocycles. The zero-order chi connectivity index (χ0) is 30.0. The van der Waals surface area contributed by atoms with Gasteiger partial charge in [-0.25, -0.2) is 0 Å². The van der Waals surface area contributed by atoms with E-state index < -0.39 is 6.10 Å². The molecule has 1 aliphatic carbocycles. The Balaban J connectivity index is 1.23. The van der Waals surface area contributed by atoms with E-state index in [0.717, 1.165) is 68.4 Å². The lowest BCUT2D eigenvalue weighted by Crippen LogP contribution is -2.51. The average molecular weight is 599 g/mol. The molecular formula is C34H50N2O7. The number of anilines is 1. The number of fused-ring (bicyclic) bond motifs is 1. The van der Waals surface area contributed by atoms with Crippen molar-refractivity contribution in [3.8, 4) is 5.75 Å². The van der Waals surface area contributed by atoms with E-state index in [9.17, 15) is 5.11 Å². The number of hydrogen-bond donors (Lipinski definition) is 2. The van der Waals surface area contributed by atoms with Gasteiger partial charge in [0.05, 0.1) is 57.0 Å². The van der Waals surface area contributed by atoms with E-state index in [1.54, 1.807) is 21.1 Å². The van der Waals surface area contributed by atoms with E-state index in [4.69, 9.17) is 28.4 Å². The molecule has 2 heterocycles. The van der Waals surface area contributed by atoms with Gasteiger partial charge in [-0.15, -0.1) is 0 Å². The second kappa shape index (κ2) is 16.2. The summed E-state index contributed by atoms with van der Waals surface area (Å²) in [6, 6.07) is 15.0. The number of methoxy groups -OCH3 is 2. The van der Waals surface area contributed by atoms with E-state index in [1.807, 2.05) is 0 Å². The van der Waals surface area contributed by atoms with E-state index in [-0.39, 0.29) is 24.7 Å². The molecule has 2 aromatic rings. The number of nitrogens with zero attached hydrogens (tertiary/aromatic N) is 1. The summed E-state index contributed by atoms with van der Waals surface area (Å²) in [5.74, 6) is 2.23. The second-order valence-corrected chi connectivity index (χ2v) is 12.2. The first-order valence-electron chi connectivity index (χ1n) is 15.8. The molecule has 0 spiro atoms. The molecule has 0 radical (unpaired) electrons. The third kappa shape index (κ3) is 9.14. The van der Waals surface area contributed by atoms with Crippen LogP contribution in [0.15, 0.2) is 42.5 Å². The Hall–Kier alpha value is -2.24. The van der Waals surface area contributed by atoms with Crippen molar-refractivity contribution in [2.75, 3.05) is 78.3 Å². The largest absolute Gasteiger partial charge is 0.490 e. The Kier molecular flexibility index (Phi) is 12.1. The van der Waals surface area contributed by atoms with Crippen LogP contribution in [0.5, 0.6) is 5.75 Å². The predicted molar refractivity (Wildman–Crippen MR) is 166 cm³/mol. The molecule has 43 heavy (non-hydrogen) atoms. The summed E-state index contributed by atoms with van der Waals surface area (Å²) in [6.45, 7) is 9.43. The van der Waals surface area contributed by atoms with Crippen LogP contribution in [-0.2, 0) is 36.9 Å². The topological polar surface area (TPSA) is 90.9 Å². The Labute approximate surface area is 256 Å². The maximum atomic E-state index is 9.93. The molecule has 3 aliphatic rings. The van der Waals surface area contributed by atoms with Crippen molar-refractivity contribution in [2.24, 2.45) is 11.8 Å². The number of piperidine rings is 1. The maximum absolute atomic E-state index is 9.93. The highest BCUT2D eigenvalue weighted by molar-refractivity contribution is 5.61. The van der Waals surface area contributed by atoms with Gasteiger partial charge in [0.25, 0.3) is 0 Å². The van der Waals surface area contributed by atoms with Crippen LogP contribution < -0.4 is 15.0 Å². The molecule has 5 rings (SSSR count). The van der Waals surface area contributed by atoms with Gasteiger partial charge >= 0.3 is 0 Å². The first-order chi connectivity index (χ1) is 21.1. The minimum atomic E-state index is -0.527. The van der Waals surface area contributed by atoms with Crippen LogP contribution in [0, 0.1) is 11.8 Å². The standard InChI is InChI=1S/C34H50N2O7/c1-24(37)19-42-32-17-35-18-33(34(32)27-8-5-25(6-9-27)20-40-23-29-16-28(29)22-39-3)43-21-26-7-10-31-30(15-26)36(12-14-41-31)11-4-13-38-2/h5-10,15,24,28-29,32-35,37H,4,11-14,16-23H2,1-3H3/t24-,28-,29?,32-,33+,34+/m1/s1. The fraction of sp³-hybridized carbons (Fsp3) is 0.647. The Morgan fingerprint density at radius 2 is 1.72 bits per heavy atom. The fourth-order valence-corrected chi connectivity index (χ4v) is 6.22. The molecule has 2 fully saturated rings. The first kappa shape index (κ1) is 32.2. The van der Waals surface area contributed by atoms with Crippen LogP contribution in [0.3, 0.4) is 0 Å². The first-order valence-corrected chi connectivity index (χ1v) is 15.8. The van der Waals surface area contributed by atoms with E-state index in [1.165, 1.54) is 12.0 Å². The monoisotopic (exact) mass is 598 g/mol. The molecule has 1 saturated heterocycles. The molecule has 2 N–H and O–H groups in total. The second-order valence-electron chi connectivity index (χ2n) is 12.2. The quantitative estimate of drug-likeness (QED) is 0.264. The van der Waals surface area contributed by atoms with Crippen molar-refractivity contribution in [3.63, 3.8) is 0 Å². The van der Waals surface area contributed by atoms with Crippen LogP contribution in [0.2, 0.25) is 0 Å². The highest BCUT2D eigenvalue weighted by atomic mass is 16.5. The van der Waals surface area contributed by atoms with Crippen LogP contribution in [0.4, 0.5) is 5.69 Å². The number of aliphatic hydroxyl groups is 1. The SMILES string of the molecule is COCCCN1CCOc2ccc(CO[C@H]3CNC[C@@H](OC[C@@H](C)O)[C@@H]3c3ccc(COCC4C[C@@H]4COC)cc3)cc21. The lowest BCUT2D eigenvalue weighted by molar-refractivity contribution is -0.0752. The summed E-state index contributed by atoms with van der Waals surface area (Å²) < 4.78 is 35.3. The summed E-state index contributed by atoms with van der Waals surface area (Å²) >= 11 is 0. The van der Waals surface area contributed by atoms with Crippen LogP contribution in [-0.4, -0.2) is 96.9 Å². The van der Waals surface area contributed by atoms with Gasteiger partial charge in [0.2, 0.25) is 0 Å². The number of hydrogen-bond acceptors (Lipinski definition) is 9. The van der Waals surface area contributed by atoms with Crippen LogP contribution >= 0.6 is 0 Å². The number of aliphatic hydroxyl groups excluding tert-OH is 1. The molecule has 0 aromatic heterocycles. The van der Waals surface area contributed by atoms with Crippen molar-refractivity contribution < 1.29 is 33.5 Å². The van der Waals surface area contributed by atoms with Crippen LogP contribution in [0.1, 0.15) is 42.4 Å². The lowest BCUT2D eigenvalue weighted by atomic mass is 9.85. The Morgan fingerprint density at radius 3 is 2.49 bits per heavy atom. The van der Waals surface area contributed by atoms with E-state index in [2.05, 4.69) is 52.7 Å². The maximum Gasteiger partial charge on any atom is 0.142 e. The normalized spacial score (nSPS) is 25.7. The number of benzene rings is 2. The molecule has 9 nitrogen and oxygen atoms in total. The number of nitrogens with one attached hydrogen (secondary N) is 1. The minimum absolute atomic E-state index is 0.0303. The Bertz CT molecular complexity index is 1110. The summed E-state index contributed by atoms with van der Waals surface area (Å²) in [4.78, 5) is 2.38. The van der Waals surface area contributed by atoms with Crippen molar-refractivity contribution >= 4 is 5.69 Å². The highest BCUT2D eigenvalue weighted by Crippen LogP contribution is 2.39. The molecular weight excluding hydrogens is 548 g/mol. The molecule has 2 aliphatic heterocycles.